The van der Waals surface area contributed by atoms with Crippen LogP contribution in [0.25, 0.3) is 0 Å². The minimum Gasteiger partial charge on any atom is -0.481 e. The predicted octanol–water partition coefficient (Wildman–Crippen LogP) is 1.40. The third-order valence-corrected chi connectivity index (χ3v) is 3.19. The number of amides is 1. The molecule has 0 unspecified atom stereocenters. The molecule has 1 fully saturated rings. The molecule has 0 aromatic heterocycles. The zero-order valence-corrected chi connectivity index (χ0v) is 9.54. The van der Waals surface area contributed by atoms with Crippen LogP contribution < -0.4 is 5.32 Å². The first-order valence-electron chi connectivity index (χ1n) is 5.42. The zero-order chi connectivity index (χ0) is 11.6. The molecule has 0 radical (unpaired) electrons. The van der Waals surface area contributed by atoms with Crippen molar-refractivity contribution in [3.8, 4) is 0 Å². The van der Waals surface area contributed by atoms with Crippen LogP contribution in [-0.2, 0) is 9.59 Å². The van der Waals surface area contributed by atoms with Gasteiger partial charge in [0.2, 0.25) is 5.91 Å². The third-order valence-electron chi connectivity index (χ3n) is 3.19. The molecule has 0 saturated heterocycles. The number of rotatable bonds is 5. The molecule has 0 aromatic rings. The second kappa shape index (κ2) is 4.21. The fraction of sp³-hybridized carbons (Fsp3) is 0.818. The number of aliphatic carboxylic acids is 1. The fourth-order valence-corrected chi connectivity index (χ4v) is 1.67. The fourth-order valence-electron chi connectivity index (χ4n) is 1.67. The number of carbonyl (C=O) groups is 2. The van der Waals surface area contributed by atoms with Crippen molar-refractivity contribution in [2.75, 3.05) is 0 Å². The largest absolute Gasteiger partial charge is 0.481 e. The van der Waals surface area contributed by atoms with Crippen molar-refractivity contribution in [1.29, 1.82) is 0 Å². The van der Waals surface area contributed by atoms with Gasteiger partial charge >= 0.3 is 5.97 Å². The van der Waals surface area contributed by atoms with Gasteiger partial charge in [-0.05, 0) is 25.7 Å². The maximum Gasteiger partial charge on any atom is 0.305 e. The first kappa shape index (κ1) is 12.0. The standard InChI is InChI=1S/C11H19NO3/c1-4-11(3,6-9(13)14)12-10(15)8-5-7(8)2/h7-8H,4-6H2,1-3H3,(H,12,15)(H,13,14)/t7-,8+,11-/m0/s1. The molecule has 0 aromatic carbocycles. The maximum atomic E-state index is 11.7. The predicted molar refractivity (Wildman–Crippen MR) is 56.4 cm³/mol. The first-order chi connectivity index (χ1) is 6.88. The van der Waals surface area contributed by atoms with Crippen molar-refractivity contribution in [1.82, 2.24) is 5.32 Å². The van der Waals surface area contributed by atoms with E-state index in [1.54, 1.807) is 6.92 Å². The van der Waals surface area contributed by atoms with Crippen molar-refractivity contribution >= 4 is 11.9 Å². The van der Waals surface area contributed by atoms with E-state index in [2.05, 4.69) is 5.32 Å². The molecule has 0 aliphatic heterocycles. The van der Waals surface area contributed by atoms with Crippen molar-refractivity contribution in [3.05, 3.63) is 0 Å². The Morgan fingerprint density at radius 3 is 2.40 bits per heavy atom. The minimum atomic E-state index is -0.872. The third kappa shape index (κ3) is 3.22. The van der Waals surface area contributed by atoms with E-state index in [9.17, 15) is 9.59 Å². The van der Waals surface area contributed by atoms with Crippen LogP contribution in [0.3, 0.4) is 0 Å². The number of carboxylic acids is 1. The van der Waals surface area contributed by atoms with E-state index in [0.29, 0.717) is 12.3 Å². The minimum absolute atomic E-state index is 0.00750. The normalized spacial score (nSPS) is 27.9. The Bertz CT molecular complexity index is 277. The SMILES string of the molecule is CC[C@@](C)(CC(=O)O)NC(=O)[C@@H]1C[C@@H]1C. The lowest BCUT2D eigenvalue weighted by atomic mass is 9.94. The summed E-state index contributed by atoms with van der Waals surface area (Å²) in [4.78, 5) is 22.3. The van der Waals surface area contributed by atoms with Gasteiger partial charge in [0.25, 0.3) is 0 Å². The second-order valence-electron chi connectivity index (χ2n) is 4.79. The van der Waals surface area contributed by atoms with Gasteiger partial charge in [-0.1, -0.05) is 13.8 Å². The van der Waals surface area contributed by atoms with E-state index in [1.807, 2.05) is 13.8 Å². The Labute approximate surface area is 90.0 Å². The number of carboxylic acid groups (broad SMARTS) is 1. The molecule has 0 bridgehead atoms. The topological polar surface area (TPSA) is 66.4 Å². The molecular formula is C11H19NO3. The van der Waals surface area contributed by atoms with E-state index in [0.717, 1.165) is 6.42 Å². The van der Waals surface area contributed by atoms with Gasteiger partial charge in [-0.15, -0.1) is 0 Å². The van der Waals surface area contributed by atoms with Crippen LogP contribution in [0.15, 0.2) is 0 Å². The summed E-state index contributed by atoms with van der Waals surface area (Å²) in [6, 6.07) is 0. The van der Waals surface area contributed by atoms with E-state index >= 15 is 0 Å². The molecule has 4 nitrogen and oxygen atoms in total. The average molecular weight is 213 g/mol. The summed E-state index contributed by atoms with van der Waals surface area (Å²) in [5.41, 5.74) is -0.606. The molecule has 1 rings (SSSR count). The number of nitrogens with one attached hydrogen (secondary N) is 1. The summed E-state index contributed by atoms with van der Waals surface area (Å²) in [5.74, 6) is -0.308. The highest BCUT2D eigenvalue weighted by Crippen LogP contribution is 2.38. The number of carbonyl (C=O) groups excluding carboxylic acids is 1. The van der Waals surface area contributed by atoms with Crippen molar-refractivity contribution < 1.29 is 14.7 Å². The molecule has 0 heterocycles. The van der Waals surface area contributed by atoms with Crippen LogP contribution in [0, 0.1) is 11.8 Å². The molecule has 1 aliphatic rings. The van der Waals surface area contributed by atoms with Gasteiger partial charge in [-0.2, -0.15) is 0 Å². The Balaban J connectivity index is 2.51. The van der Waals surface area contributed by atoms with E-state index in [4.69, 9.17) is 5.11 Å². The summed E-state index contributed by atoms with van der Waals surface area (Å²) in [6.45, 7) is 5.70. The van der Waals surface area contributed by atoms with Crippen LogP contribution in [-0.4, -0.2) is 22.5 Å². The number of hydrogen-bond donors (Lipinski definition) is 2. The Morgan fingerprint density at radius 2 is 2.07 bits per heavy atom. The maximum absolute atomic E-state index is 11.7. The van der Waals surface area contributed by atoms with Crippen molar-refractivity contribution in [2.45, 2.75) is 45.6 Å². The first-order valence-corrected chi connectivity index (χ1v) is 5.42. The van der Waals surface area contributed by atoms with E-state index in [1.165, 1.54) is 0 Å². The number of hydrogen-bond acceptors (Lipinski definition) is 2. The molecule has 1 saturated carbocycles. The molecule has 1 amide bonds. The summed E-state index contributed by atoms with van der Waals surface area (Å²) in [6.07, 6.45) is 1.54. The van der Waals surface area contributed by atoms with Crippen molar-refractivity contribution in [3.63, 3.8) is 0 Å². The molecular weight excluding hydrogens is 194 g/mol. The van der Waals surface area contributed by atoms with Gasteiger partial charge in [0.15, 0.2) is 0 Å². The molecule has 2 N–H and O–H groups in total. The highest BCUT2D eigenvalue weighted by molar-refractivity contribution is 5.82. The van der Waals surface area contributed by atoms with Crippen LogP contribution in [0.1, 0.15) is 40.0 Å². The van der Waals surface area contributed by atoms with Crippen molar-refractivity contribution in [2.24, 2.45) is 11.8 Å². The van der Waals surface area contributed by atoms with Gasteiger partial charge in [-0.3, -0.25) is 9.59 Å². The summed E-state index contributed by atoms with van der Waals surface area (Å²) in [7, 11) is 0. The average Bonchev–Trinajstić information content (AvgIpc) is 2.81. The van der Waals surface area contributed by atoms with Gasteiger partial charge in [0, 0.05) is 11.5 Å². The van der Waals surface area contributed by atoms with Gasteiger partial charge < -0.3 is 10.4 Å². The monoisotopic (exact) mass is 213 g/mol. The van der Waals surface area contributed by atoms with Crippen LogP contribution in [0.4, 0.5) is 0 Å². The molecule has 15 heavy (non-hydrogen) atoms. The molecule has 3 atom stereocenters. The van der Waals surface area contributed by atoms with Crippen LogP contribution in [0.5, 0.6) is 0 Å². The van der Waals surface area contributed by atoms with E-state index in [-0.39, 0.29) is 18.2 Å². The summed E-state index contributed by atoms with van der Waals surface area (Å²) in [5, 5.41) is 11.6. The second-order valence-corrected chi connectivity index (χ2v) is 4.79. The van der Waals surface area contributed by atoms with E-state index < -0.39 is 11.5 Å². The van der Waals surface area contributed by atoms with Gasteiger partial charge in [0.1, 0.15) is 0 Å². The smallest absolute Gasteiger partial charge is 0.305 e. The summed E-state index contributed by atoms with van der Waals surface area (Å²) < 4.78 is 0. The van der Waals surface area contributed by atoms with Crippen LogP contribution >= 0.6 is 0 Å². The van der Waals surface area contributed by atoms with Gasteiger partial charge in [-0.25, -0.2) is 0 Å². The molecule has 0 spiro atoms. The zero-order valence-electron chi connectivity index (χ0n) is 9.54. The molecule has 86 valence electrons. The molecule has 4 heteroatoms. The lowest BCUT2D eigenvalue weighted by Gasteiger charge is -2.28. The Hall–Kier alpha value is -1.06. The van der Waals surface area contributed by atoms with Crippen LogP contribution in [0.2, 0.25) is 0 Å². The molecule has 1 aliphatic carbocycles. The highest BCUT2D eigenvalue weighted by atomic mass is 16.4. The lowest BCUT2D eigenvalue weighted by molar-refractivity contribution is -0.139. The highest BCUT2D eigenvalue weighted by Gasteiger charge is 2.41. The summed E-state index contributed by atoms with van der Waals surface area (Å²) >= 11 is 0. The lowest BCUT2D eigenvalue weighted by Crippen LogP contribution is -2.47. The Morgan fingerprint density at radius 1 is 1.53 bits per heavy atom. The Kier molecular flexibility index (Phi) is 3.37. The van der Waals surface area contributed by atoms with Gasteiger partial charge in [0.05, 0.1) is 6.42 Å². The quantitative estimate of drug-likeness (QED) is 0.725.